The molecule has 0 fully saturated rings. The van der Waals surface area contributed by atoms with Crippen molar-refractivity contribution in [1.82, 2.24) is 4.90 Å². The minimum Gasteiger partial charge on any atom is -0.493 e. The van der Waals surface area contributed by atoms with E-state index in [-0.39, 0.29) is 18.1 Å². The quantitative estimate of drug-likeness (QED) is 0.727. The summed E-state index contributed by atoms with van der Waals surface area (Å²) in [6.07, 6.45) is 0. The van der Waals surface area contributed by atoms with E-state index in [9.17, 15) is 9.59 Å². The van der Waals surface area contributed by atoms with Crippen LogP contribution in [0.3, 0.4) is 0 Å². The van der Waals surface area contributed by atoms with Crippen molar-refractivity contribution in [3.05, 3.63) is 22.2 Å². The van der Waals surface area contributed by atoms with Crippen LogP contribution in [0.25, 0.3) is 0 Å². The molecular formula is C14H18BrNO5. The number of methoxy groups -OCH3 is 1. The monoisotopic (exact) mass is 359 g/mol. The number of esters is 1. The summed E-state index contributed by atoms with van der Waals surface area (Å²) in [5.74, 6) is 0.0330. The summed E-state index contributed by atoms with van der Waals surface area (Å²) < 4.78 is 16.2. The Bertz CT molecular complexity index is 530. The largest absolute Gasteiger partial charge is 0.493 e. The van der Waals surface area contributed by atoms with E-state index in [1.165, 1.54) is 18.1 Å². The molecule has 7 heteroatoms. The summed E-state index contributed by atoms with van der Waals surface area (Å²) in [6, 6.07) is 3.08. The Morgan fingerprint density at radius 1 is 1.29 bits per heavy atom. The number of carbonyl (C=O) groups excluding carboxylic acids is 2. The first-order chi connectivity index (χ1) is 9.90. The fraction of sp³-hybridized carbons (Fsp3) is 0.429. The van der Waals surface area contributed by atoms with Gasteiger partial charge in [0, 0.05) is 14.1 Å². The Morgan fingerprint density at radius 3 is 2.48 bits per heavy atom. The zero-order valence-corrected chi connectivity index (χ0v) is 14.0. The van der Waals surface area contributed by atoms with Crippen molar-refractivity contribution in [2.45, 2.75) is 6.92 Å². The second-order valence-corrected chi connectivity index (χ2v) is 5.14. The fourth-order valence-corrected chi connectivity index (χ4v) is 2.02. The molecule has 1 rings (SSSR count). The minimum atomic E-state index is -0.604. The Labute approximate surface area is 132 Å². The normalized spacial score (nSPS) is 9.95. The minimum absolute atomic E-state index is 0.272. The maximum atomic E-state index is 12.0. The van der Waals surface area contributed by atoms with Gasteiger partial charge in [0.2, 0.25) is 0 Å². The maximum absolute atomic E-state index is 12.0. The molecule has 0 aliphatic carbocycles. The third-order valence-corrected chi connectivity index (χ3v) is 3.17. The summed E-state index contributed by atoms with van der Waals surface area (Å²) in [6.45, 7) is 2.01. The highest BCUT2D eigenvalue weighted by Crippen LogP contribution is 2.36. The first kappa shape index (κ1) is 17.3. The molecule has 0 spiro atoms. The van der Waals surface area contributed by atoms with E-state index in [1.54, 1.807) is 20.2 Å². The Kier molecular flexibility index (Phi) is 6.48. The molecular weight excluding hydrogens is 342 g/mol. The maximum Gasteiger partial charge on any atom is 0.338 e. The van der Waals surface area contributed by atoms with Gasteiger partial charge in [-0.1, -0.05) is 0 Å². The van der Waals surface area contributed by atoms with Gasteiger partial charge in [-0.3, -0.25) is 4.79 Å². The lowest BCUT2D eigenvalue weighted by molar-refractivity contribution is -0.131. The van der Waals surface area contributed by atoms with Gasteiger partial charge in [0.05, 0.1) is 23.8 Å². The molecule has 0 heterocycles. The number of carbonyl (C=O) groups is 2. The van der Waals surface area contributed by atoms with E-state index in [1.807, 2.05) is 6.92 Å². The van der Waals surface area contributed by atoms with Crippen molar-refractivity contribution >= 4 is 27.8 Å². The number of benzene rings is 1. The smallest absolute Gasteiger partial charge is 0.338 e. The van der Waals surface area contributed by atoms with Crippen molar-refractivity contribution in [3.8, 4) is 11.5 Å². The highest BCUT2D eigenvalue weighted by Gasteiger charge is 2.17. The highest BCUT2D eigenvalue weighted by atomic mass is 79.9. The lowest BCUT2D eigenvalue weighted by Gasteiger charge is -2.14. The first-order valence-corrected chi connectivity index (χ1v) is 7.07. The van der Waals surface area contributed by atoms with Gasteiger partial charge in [0.15, 0.2) is 18.1 Å². The standard InChI is InChI=1S/C14H18BrNO5/c1-5-20-13-10(15)6-9(7-11(13)19-4)14(18)21-8-12(17)16(2)3/h6-7H,5,8H2,1-4H3. The van der Waals surface area contributed by atoms with E-state index < -0.39 is 5.97 Å². The van der Waals surface area contributed by atoms with Gasteiger partial charge in [-0.2, -0.15) is 0 Å². The van der Waals surface area contributed by atoms with Gasteiger partial charge in [-0.25, -0.2) is 4.79 Å². The Morgan fingerprint density at radius 2 is 1.95 bits per heavy atom. The van der Waals surface area contributed by atoms with Crippen molar-refractivity contribution in [2.24, 2.45) is 0 Å². The van der Waals surface area contributed by atoms with Crippen LogP contribution in [0, 0.1) is 0 Å². The first-order valence-electron chi connectivity index (χ1n) is 6.28. The lowest BCUT2D eigenvalue weighted by Crippen LogP contribution is -2.27. The Hall–Kier alpha value is -1.76. The van der Waals surface area contributed by atoms with Crippen LogP contribution in [-0.2, 0) is 9.53 Å². The third kappa shape index (κ3) is 4.63. The highest BCUT2D eigenvalue weighted by molar-refractivity contribution is 9.10. The summed E-state index contributed by atoms with van der Waals surface area (Å²) in [4.78, 5) is 24.7. The second kappa shape index (κ2) is 7.87. The van der Waals surface area contributed by atoms with Crippen molar-refractivity contribution in [1.29, 1.82) is 0 Å². The van der Waals surface area contributed by atoms with E-state index >= 15 is 0 Å². The van der Waals surface area contributed by atoms with Crippen LogP contribution in [0.4, 0.5) is 0 Å². The van der Waals surface area contributed by atoms with Crippen LogP contribution in [-0.4, -0.2) is 51.2 Å². The molecule has 1 amide bonds. The zero-order chi connectivity index (χ0) is 16.0. The van der Waals surface area contributed by atoms with Crippen LogP contribution in [0.5, 0.6) is 11.5 Å². The molecule has 21 heavy (non-hydrogen) atoms. The lowest BCUT2D eigenvalue weighted by atomic mass is 10.2. The molecule has 0 N–H and O–H groups in total. The van der Waals surface area contributed by atoms with Gasteiger partial charge in [-0.05, 0) is 35.0 Å². The topological polar surface area (TPSA) is 65.1 Å². The molecule has 116 valence electrons. The second-order valence-electron chi connectivity index (χ2n) is 4.29. The molecule has 0 aromatic heterocycles. The molecule has 0 radical (unpaired) electrons. The molecule has 1 aromatic carbocycles. The van der Waals surface area contributed by atoms with Gasteiger partial charge in [0.25, 0.3) is 5.91 Å². The summed E-state index contributed by atoms with van der Waals surface area (Å²) in [5, 5.41) is 0. The molecule has 0 bridgehead atoms. The SMILES string of the molecule is CCOc1c(Br)cc(C(=O)OCC(=O)N(C)C)cc1OC. The predicted molar refractivity (Wildman–Crippen MR) is 80.8 cm³/mol. The summed E-state index contributed by atoms with van der Waals surface area (Å²) >= 11 is 3.32. The van der Waals surface area contributed by atoms with E-state index in [0.29, 0.717) is 22.6 Å². The molecule has 0 saturated heterocycles. The van der Waals surface area contributed by atoms with Crippen molar-refractivity contribution in [3.63, 3.8) is 0 Å². The molecule has 0 aliphatic heterocycles. The zero-order valence-electron chi connectivity index (χ0n) is 12.4. The number of nitrogens with zero attached hydrogens (tertiary/aromatic N) is 1. The summed E-state index contributed by atoms with van der Waals surface area (Å²) in [7, 11) is 4.66. The molecule has 0 unspecified atom stereocenters. The number of ether oxygens (including phenoxy) is 3. The molecule has 1 aromatic rings. The van der Waals surface area contributed by atoms with E-state index in [0.717, 1.165) is 0 Å². The predicted octanol–water partition coefficient (Wildman–Crippen LogP) is 2.10. The van der Waals surface area contributed by atoms with Crippen molar-refractivity contribution in [2.75, 3.05) is 34.4 Å². The fourth-order valence-electron chi connectivity index (χ4n) is 1.46. The molecule has 0 aliphatic rings. The number of hydrogen-bond acceptors (Lipinski definition) is 5. The molecule has 6 nitrogen and oxygen atoms in total. The number of amides is 1. The van der Waals surface area contributed by atoms with E-state index in [2.05, 4.69) is 15.9 Å². The van der Waals surface area contributed by atoms with Crippen LogP contribution >= 0.6 is 15.9 Å². The average molecular weight is 360 g/mol. The number of rotatable bonds is 6. The van der Waals surface area contributed by atoms with Gasteiger partial charge in [0.1, 0.15) is 0 Å². The van der Waals surface area contributed by atoms with Gasteiger partial charge in [-0.15, -0.1) is 0 Å². The van der Waals surface area contributed by atoms with Crippen LogP contribution in [0.15, 0.2) is 16.6 Å². The molecule has 0 atom stereocenters. The van der Waals surface area contributed by atoms with Crippen LogP contribution < -0.4 is 9.47 Å². The number of hydrogen-bond donors (Lipinski definition) is 0. The summed E-state index contributed by atoms with van der Waals surface area (Å²) in [5.41, 5.74) is 0.272. The van der Waals surface area contributed by atoms with Crippen LogP contribution in [0.2, 0.25) is 0 Å². The Balaban J connectivity index is 2.90. The average Bonchev–Trinajstić information content (AvgIpc) is 2.45. The number of halogens is 1. The number of likely N-dealkylation sites (N-methyl/N-ethyl adjacent to an activating group) is 1. The van der Waals surface area contributed by atoms with Crippen molar-refractivity contribution < 1.29 is 23.8 Å². The third-order valence-electron chi connectivity index (χ3n) is 2.58. The van der Waals surface area contributed by atoms with E-state index in [4.69, 9.17) is 14.2 Å². The van der Waals surface area contributed by atoms with Crippen LogP contribution in [0.1, 0.15) is 17.3 Å². The molecule has 0 saturated carbocycles. The van der Waals surface area contributed by atoms with Gasteiger partial charge >= 0.3 is 5.97 Å². The van der Waals surface area contributed by atoms with Gasteiger partial charge < -0.3 is 19.1 Å².